The van der Waals surface area contributed by atoms with Crippen LogP contribution in [-0.2, 0) is 20.3 Å². The van der Waals surface area contributed by atoms with E-state index in [9.17, 15) is 23.3 Å². The molecule has 0 unspecified atom stereocenters. The van der Waals surface area contributed by atoms with E-state index in [1.807, 2.05) is 0 Å². The van der Waals surface area contributed by atoms with E-state index in [-0.39, 0.29) is 25.1 Å². The molecule has 0 amide bonds. The summed E-state index contributed by atoms with van der Waals surface area (Å²) >= 11 is 0. The number of nitrogens with zero attached hydrogens (tertiary/aromatic N) is 3. The Morgan fingerprint density at radius 3 is 2.54 bits per heavy atom. The van der Waals surface area contributed by atoms with Crippen LogP contribution in [0.25, 0.3) is 11.0 Å². The van der Waals surface area contributed by atoms with E-state index < -0.39 is 32.9 Å². The summed E-state index contributed by atoms with van der Waals surface area (Å²) in [5.74, 6) is -1.95. The highest BCUT2D eigenvalue weighted by Gasteiger charge is 2.33. The lowest BCUT2D eigenvalue weighted by Crippen LogP contribution is -2.33. The fourth-order valence-corrected chi connectivity index (χ4v) is 3.84. The van der Waals surface area contributed by atoms with E-state index in [1.54, 1.807) is 0 Å². The van der Waals surface area contributed by atoms with Crippen LogP contribution in [0.3, 0.4) is 0 Å². The molecular formula is C16H13N3O6S. The number of ether oxygens (including phenoxy) is 1. The zero-order chi connectivity index (χ0) is 18.9. The molecule has 134 valence electrons. The van der Waals surface area contributed by atoms with Gasteiger partial charge < -0.3 is 14.7 Å². The Hall–Kier alpha value is -3.27. The number of hydrogen-bond acceptors (Lipinski definition) is 7. The normalized spacial score (nSPS) is 11.4. The number of carbonyl (C=O) groups excluding carboxylic acids is 1. The maximum atomic E-state index is 12.7. The second kappa shape index (κ2) is 6.56. The molecule has 0 aliphatic rings. The lowest BCUT2D eigenvalue weighted by atomic mass is 10.2. The third-order valence-corrected chi connectivity index (χ3v) is 5.40. The second-order valence-corrected chi connectivity index (χ2v) is 7.30. The van der Waals surface area contributed by atoms with Gasteiger partial charge in [-0.3, -0.25) is 4.98 Å². The Morgan fingerprint density at radius 1 is 1.23 bits per heavy atom. The third kappa shape index (κ3) is 2.90. The lowest BCUT2D eigenvalue weighted by molar-refractivity contribution is -0.469. The molecule has 0 spiro atoms. The topological polar surface area (TPSA) is 124 Å². The highest BCUT2D eigenvalue weighted by molar-refractivity contribution is 7.90. The number of para-hydroxylation sites is 2. The number of pyridine rings is 1. The molecule has 0 fully saturated rings. The second-order valence-electron chi connectivity index (χ2n) is 5.31. The van der Waals surface area contributed by atoms with Crippen LogP contribution in [0.15, 0.2) is 53.7 Å². The fraction of sp³-hybridized carbons (Fsp3) is 0.125. The highest BCUT2D eigenvalue weighted by atomic mass is 32.2. The van der Waals surface area contributed by atoms with Gasteiger partial charge >= 0.3 is 11.7 Å². The van der Waals surface area contributed by atoms with Crippen LogP contribution < -0.4 is 4.43 Å². The molecule has 2 aromatic heterocycles. The van der Waals surface area contributed by atoms with Gasteiger partial charge in [0, 0.05) is 23.4 Å². The van der Waals surface area contributed by atoms with Crippen molar-refractivity contribution in [3.8, 4) is 0 Å². The minimum atomic E-state index is -4.01. The van der Waals surface area contributed by atoms with Gasteiger partial charge in [-0.05, 0) is 18.2 Å². The number of methoxy groups -OCH3 is 1. The quantitative estimate of drug-likeness (QED) is 0.493. The predicted molar refractivity (Wildman–Crippen MR) is 90.5 cm³/mol. The van der Waals surface area contributed by atoms with Crippen LogP contribution in [-0.4, -0.2) is 31.2 Å². The van der Waals surface area contributed by atoms with E-state index in [1.165, 1.54) is 48.8 Å². The van der Waals surface area contributed by atoms with Crippen molar-refractivity contribution < 1.29 is 22.4 Å². The molecule has 2 heterocycles. The van der Waals surface area contributed by atoms with Crippen molar-refractivity contribution in [2.24, 2.45) is 0 Å². The fourth-order valence-electron chi connectivity index (χ4n) is 2.52. The van der Waals surface area contributed by atoms with Crippen molar-refractivity contribution >= 4 is 26.8 Å². The van der Waals surface area contributed by atoms with Crippen molar-refractivity contribution in [3.05, 3.63) is 70.3 Å². The summed E-state index contributed by atoms with van der Waals surface area (Å²) in [6.45, 7) is 0. The van der Waals surface area contributed by atoms with Gasteiger partial charge in [-0.15, -0.1) is 0 Å². The molecule has 0 saturated heterocycles. The molecule has 0 saturated carbocycles. The van der Waals surface area contributed by atoms with Crippen LogP contribution in [0.1, 0.15) is 16.2 Å². The van der Waals surface area contributed by atoms with Crippen molar-refractivity contribution in [2.75, 3.05) is 7.11 Å². The number of hydrogen-bond donors (Lipinski definition) is 0. The Morgan fingerprint density at radius 2 is 1.88 bits per heavy atom. The highest BCUT2D eigenvalue weighted by Crippen LogP contribution is 2.21. The van der Waals surface area contributed by atoms with Crippen molar-refractivity contribution in [1.82, 2.24) is 9.71 Å². The first kappa shape index (κ1) is 17.5. The zero-order valence-electron chi connectivity index (χ0n) is 13.5. The van der Waals surface area contributed by atoms with Crippen LogP contribution in [0.4, 0.5) is 0 Å². The maximum absolute atomic E-state index is 12.7. The number of rotatable bonds is 4. The zero-order valence-corrected chi connectivity index (χ0v) is 14.3. The number of sulfone groups is 1. The van der Waals surface area contributed by atoms with Gasteiger partial charge in [-0.25, -0.2) is 13.2 Å². The molecule has 0 radical (unpaired) electrons. The SMILES string of the molecule is COC(=O)c1c(CS(=O)(=O)c2ccncc2)n([O-])c2ccccc2[n+]1=O. The Balaban J connectivity index is 2.30. The van der Waals surface area contributed by atoms with Crippen molar-refractivity contribution in [2.45, 2.75) is 10.6 Å². The first-order valence-electron chi connectivity index (χ1n) is 7.34. The molecule has 1 aromatic carbocycles. The van der Waals surface area contributed by atoms with Crippen molar-refractivity contribution in [1.29, 1.82) is 0 Å². The van der Waals surface area contributed by atoms with E-state index >= 15 is 0 Å². The molecule has 0 bridgehead atoms. The average molecular weight is 375 g/mol. The lowest BCUT2D eigenvalue weighted by Gasteiger charge is -2.18. The molecule has 3 rings (SSSR count). The minimum Gasteiger partial charge on any atom is -0.805 e. The summed E-state index contributed by atoms with van der Waals surface area (Å²) in [4.78, 5) is 28.3. The Kier molecular flexibility index (Phi) is 4.43. The molecule has 0 aliphatic carbocycles. The molecule has 0 atom stereocenters. The summed E-state index contributed by atoms with van der Waals surface area (Å²) in [6.07, 6.45) is 2.57. The standard InChI is InChI=1S/C16H13N3O6S/c1-25-16(20)15-14(10-26(23,24)11-6-8-17-9-7-11)18(21)12-4-2-3-5-13(12)19(15)22/h2-9H,10H2,1H3. The summed E-state index contributed by atoms with van der Waals surface area (Å²) < 4.78 is 30.3. The molecule has 10 heteroatoms. The average Bonchev–Trinajstić information content (AvgIpc) is 2.66. The Labute approximate surface area is 147 Å². The summed E-state index contributed by atoms with van der Waals surface area (Å²) in [5.41, 5.74) is -1.32. The molecule has 3 aromatic rings. The molecule has 26 heavy (non-hydrogen) atoms. The van der Waals surface area contributed by atoms with E-state index in [2.05, 4.69) is 9.72 Å². The number of carbonyl (C=O) groups is 1. The van der Waals surface area contributed by atoms with Gasteiger partial charge in [-0.2, -0.15) is 0 Å². The first-order valence-corrected chi connectivity index (χ1v) is 9.00. The maximum Gasteiger partial charge on any atom is 0.410 e. The van der Waals surface area contributed by atoms with E-state index in [0.717, 1.165) is 7.11 Å². The molecule has 9 nitrogen and oxygen atoms in total. The predicted octanol–water partition coefficient (Wildman–Crippen LogP) is 1.06. The van der Waals surface area contributed by atoms with Gasteiger partial charge in [0.1, 0.15) is 17.0 Å². The van der Waals surface area contributed by atoms with Gasteiger partial charge in [0.2, 0.25) is 0 Å². The number of esters is 1. The Bertz CT molecular complexity index is 1160. The number of benzene rings is 1. The van der Waals surface area contributed by atoms with Crippen molar-refractivity contribution in [3.63, 3.8) is 0 Å². The molecular weight excluding hydrogens is 362 g/mol. The van der Waals surface area contributed by atoms with E-state index in [0.29, 0.717) is 0 Å². The van der Waals surface area contributed by atoms with Crippen LogP contribution >= 0.6 is 0 Å². The van der Waals surface area contributed by atoms with Gasteiger partial charge in [-0.1, -0.05) is 12.1 Å². The molecule has 0 N–H and O–H groups in total. The minimum absolute atomic E-state index is 0.0601. The van der Waals surface area contributed by atoms with Crippen LogP contribution in [0, 0.1) is 10.1 Å². The third-order valence-electron chi connectivity index (χ3n) is 3.76. The number of aromatic nitrogens is 3. The summed E-state index contributed by atoms with van der Waals surface area (Å²) in [6, 6.07) is 8.27. The number of fused-ring (bicyclic) bond motifs is 1. The van der Waals surface area contributed by atoms with E-state index in [4.69, 9.17) is 0 Å². The monoisotopic (exact) mass is 375 g/mol. The smallest absolute Gasteiger partial charge is 0.410 e. The van der Waals surface area contributed by atoms with Crippen LogP contribution in [0.2, 0.25) is 0 Å². The van der Waals surface area contributed by atoms with Gasteiger partial charge in [0.05, 0.1) is 16.4 Å². The van der Waals surface area contributed by atoms with Gasteiger partial charge in [0.25, 0.3) is 5.52 Å². The first-order chi connectivity index (χ1) is 12.4. The summed E-state index contributed by atoms with van der Waals surface area (Å²) in [5, 5.41) is 12.7. The van der Waals surface area contributed by atoms with Gasteiger partial charge in [0.15, 0.2) is 9.84 Å². The molecule has 0 aliphatic heterocycles. The summed E-state index contributed by atoms with van der Waals surface area (Å²) in [7, 11) is -2.97. The largest absolute Gasteiger partial charge is 0.805 e. The van der Waals surface area contributed by atoms with Crippen LogP contribution in [0.5, 0.6) is 0 Å².